The second kappa shape index (κ2) is 5.62. The topological polar surface area (TPSA) is 130 Å². The number of amides is 1. The number of phenols is 1. The van der Waals surface area contributed by atoms with Gasteiger partial charge in [-0.2, -0.15) is 0 Å². The fourth-order valence-electron chi connectivity index (χ4n) is 1.49. The maximum Gasteiger partial charge on any atom is 0.252 e. The Bertz CT molecular complexity index is 408. The fraction of sp³-hybridized carbons (Fsp3) is 0.364. The van der Waals surface area contributed by atoms with Crippen LogP contribution >= 0.6 is 0 Å². The Morgan fingerprint density at radius 2 is 2.00 bits per heavy atom. The molecule has 94 valence electrons. The average molecular weight is 240 g/mol. The number of aliphatic hydroxyl groups is 2. The predicted molar refractivity (Wildman–Crippen MR) is 61.3 cm³/mol. The molecule has 0 radical (unpaired) electrons. The van der Waals surface area contributed by atoms with E-state index in [9.17, 15) is 20.1 Å². The van der Waals surface area contributed by atoms with Gasteiger partial charge in [0, 0.05) is 0 Å². The van der Waals surface area contributed by atoms with Crippen LogP contribution in [-0.2, 0) is 0 Å². The Hall–Kier alpha value is -1.63. The van der Waals surface area contributed by atoms with E-state index in [0.717, 1.165) is 0 Å². The highest BCUT2D eigenvalue weighted by Gasteiger charge is 2.19. The van der Waals surface area contributed by atoms with Crippen LogP contribution in [0.2, 0.25) is 0 Å². The average Bonchev–Trinajstić information content (AvgIpc) is 2.28. The maximum absolute atomic E-state index is 11.0. The van der Waals surface area contributed by atoms with Gasteiger partial charge < -0.3 is 26.8 Å². The minimum Gasteiger partial charge on any atom is -0.507 e. The van der Waals surface area contributed by atoms with Crippen LogP contribution in [-0.4, -0.2) is 33.9 Å². The molecule has 0 saturated carbocycles. The molecule has 2 atom stereocenters. The van der Waals surface area contributed by atoms with Gasteiger partial charge in [0.2, 0.25) is 0 Å². The molecule has 0 heterocycles. The van der Waals surface area contributed by atoms with Crippen molar-refractivity contribution in [1.29, 1.82) is 0 Å². The molecule has 1 rings (SSSR count). The lowest BCUT2D eigenvalue weighted by Gasteiger charge is -2.18. The number of carbonyl (C=O) groups excluding carboxylic acids is 1. The van der Waals surface area contributed by atoms with Gasteiger partial charge in [0.25, 0.3) is 5.91 Å². The highest BCUT2D eigenvalue weighted by atomic mass is 16.3. The van der Waals surface area contributed by atoms with Gasteiger partial charge >= 0.3 is 0 Å². The smallest absolute Gasteiger partial charge is 0.252 e. The minimum absolute atomic E-state index is 0.0958. The molecule has 0 aliphatic carbocycles. The van der Waals surface area contributed by atoms with E-state index in [0.29, 0.717) is 5.56 Å². The zero-order valence-electron chi connectivity index (χ0n) is 9.21. The van der Waals surface area contributed by atoms with Crippen molar-refractivity contribution in [2.45, 2.75) is 18.6 Å². The molecular weight excluding hydrogens is 224 g/mol. The third kappa shape index (κ3) is 3.16. The Morgan fingerprint density at radius 1 is 1.35 bits per heavy atom. The summed E-state index contributed by atoms with van der Waals surface area (Å²) in [6.45, 7) is 0.235. The standard InChI is InChI=1S/C11H16N2O4/c12-4-3-9(15)10(16)6-1-2-8(14)7(5-6)11(13)17/h1-2,5,9-10,14-16H,3-4,12H2,(H2,13,17). The highest BCUT2D eigenvalue weighted by Crippen LogP contribution is 2.24. The van der Waals surface area contributed by atoms with Crippen LogP contribution in [0.25, 0.3) is 0 Å². The summed E-state index contributed by atoms with van der Waals surface area (Å²) in [5, 5.41) is 28.7. The van der Waals surface area contributed by atoms with Crippen molar-refractivity contribution >= 4 is 5.91 Å². The molecule has 0 fully saturated rings. The quantitative estimate of drug-likeness (QED) is 0.461. The molecule has 0 bridgehead atoms. The van der Waals surface area contributed by atoms with Crippen LogP contribution in [0.4, 0.5) is 0 Å². The number of aliphatic hydroxyl groups excluding tert-OH is 2. The largest absolute Gasteiger partial charge is 0.507 e. The van der Waals surface area contributed by atoms with Gasteiger partial charge in [0.15, 0.2) is 0 Å². The number of benzene rings is 1. The molecule has 2 unspecified atom stereocenters. The van der Waals surface area contributed by atoms with Crippen LogP contribution in [0.3, 0.4) is 0 Å². The Morgan fingerprint density at radius 3 is 2.53 bits per heavy atom. The lowest BCUT2D eigenvalue weighted by molar-refractivity contribution is 0.0149. The normalized spacial score (nSPS) is 14.3. The number of aromatic hydroxyl groups is 1. The molecule has 6 nitrogen and oxygen atoms in total. The first-order chi connectivity index (χ1) is 7.97. The van der Waals surface area contributed by atoms with Gasteiger partial charge in [0.1, 0.15) is 11.9 Å². The van der Waals surface area contributed by atoms with Crippen molar-refractivity contribution in [2.24, 2.45) is 11.5 Å². The van der Waals surface area contributed by atoms with Gasteiger partial charge in [-0.25, -0.2) is 0 Å². The van der Waals surface area contributed by atoms with E-state index < -0.39 is 18.1 Å². The molecular formula is C11H16N2O4. The van der Waals surface area contributed by atoms with Crippen LogP contribution in [0.1, 0.15) is 28.4 Å². The van der Waals surface area contributed by atoms with Crippen molar-refractivity contribution in [3.05, 3.63) is 29.3 Å². The zero-order chi connectivity index (χ0) is 13.0. The number of carbonyl (C=O) groups is 1. The third-order valence-corrected chi connectivity index (χ3v) is 2.45. The van der Waals surface area contributed by atoms with Gasteiger partial charge in [-0.1, -0.05) is 6.07 Å². The Labute approximate surface area is 98.5 Å². The van der Waals surface area contributed by atoms with E-state index in [-0.39, 0.29) is 24.3 Å². The highest BCUT2D eigenvalue weighted by molar-refractivity contribution is 5.95. The van der Waals surface area contributed by atoms with Crippen LogP contribution in [0.15, 0.2) is 18.2 Å². The molecule has 0 aromatic heterocycles. The fourth-order valence-corrected chi connectivity index (χ4v) is 1.49. The third-order valence-electron chi connectivity index (χ3n) is 2.45. The summed E-state index contributed by atoms with van der Waals surface area (Å²) >= 11 is 0. The molecule has 1 aromatic rings. The van der Waals surface area contributed by atoms with Crippen molar-refractivity contribution in [3.63, 3.8) is 0 Å². The summed E-state index contributed by atoms with van der Waals surface area (Å²) in [6.07, 6.45) is -1.96. The number of nitrogens with two attached hydrogens (primary N) is 2. The summed E-state index contributed by atoms with van der Waals surface area (Å²) in [7, 11) is 0. The molecule has 1 aromatic carbocycles. The molecule has 0 aliphatic heterocycles. The number of hydrogen-bond donors (Lipinski definition) is 5. The van der Waals surface area contributed by atoms with Crippen molar-refractivity contribution in [1.82, 2.24) is 0 Å². The van der Waals surface area contributed by atoms with Gasteiger partial charge in [-0.3, -0.25) is 4.79 Å². The SMILES string of the molecule is NCCC(O)C(O)c1ccc(O)c(C(N)=O)c1. The maximum atomic E-state index is 11.0. The van der Waals surface area contributed by atoms with E-state index in [4.69, 9.17) is 11.5 Å². The number of rotatable bonds is 5. The summed E-state index contributed by atoms with van der Waals surface area (Å²) in [4.78, 5) is 11.0. The van der Waals surface area contributed by atoms with Crippen molar-refractivity contribution in [3.8, 4) is 5.75 Å². The molecule has 6 heteroatoms. The van der Waals surface area contributed by atoms with Gasteiger partial charge in [-0.05, 0) is 30.7 Å². The first kappa shape index (κ1) is 13.4. The first-order valence-electron chi connectivity index (χ1n) is 5.16. The Kier molecular flexibility index (Phi) is 4.45. The summed E-state index contributed by atoms with van der Waals surface area (Å²) in [5.41, 5.74) is 10.5. The number of primary amides is 1. The lowest BCUT2D eigenvalue weighted by Crippen LogP contribution is -2.22. The molecule has 7 N–H and O–H groups in total. The first-order valence-corrected chi connectivity index (χ1v) is 5.16. The molecule has 0 spiro atoms. The van der Waals surface area contributed by atoms with Crippen LogP contribution < -0.4 is 11.5 Å². The summed E-state index contributed by atoms with van der Waals surface area (Å²) < 4.78 is 0. The van der Waals surface area contributed by atoms with E-state index in [1.807, 2.05) is 0 Å². The van der Waals surface area contributed by atoms with Crippen molar-refractivity contribution < 1.29 is 20.1 Å². The van der Waals surface area contributed by atoms with Gasteiger partial charge in [0.05, 0.1) is 11.7 Å². The molecule has 17 heavy (non-hydrogen) atoms. The number of hydrogen-bond acceptors (Lipinski definition) is 5. The second-order valence-electron chi connectivity index (χ2n) is 3.73. The molecule has 0 saturated heterocycles. The lowest BCUT2D eigenvalue weighted by atomic mass is 9.99. The van der Waals surface area contributed by atoms with E-state index >= 15 is 0 Å². The predicted octanol–water partition coefficient (Wildman–Crippen LogP) is -0.766. The molecule has 1 amide bonds. The minimum atomic E-state index is -1.17. The Balaban J connectivity index is 2.99. The van der Waals surface area contributed by atoms with E-state index in [1.165, 1.54) is 18.2 Å². The summed E-state index contributed by atoms with van der Waals surface area (Å²) in [5.74, 6) is -1.06. The monoisotopic (exact) mass is 240 g/mol. The van der Waals surface area contributed by atoms with E-state index in [2.05, 4.69) is 0 Å². The summed E-state index contributed by atoms with van der Waals surface area (Å²) in [6, 6.07) is 3.90. The van der Waals surface area contributed by atoms with Crippen molar-refractivity contribution in [2.75, 3.05) is 6.54 Å². The van der Waals surface area contributed by atoms with Gasteiger partial charge in [-0.15, -0.1) is 0 Å². The zero-order valence-corrected chi connectivity index (χ0v) is 9.21. The second-order valence-corrected chi connectivity index (χ2v) is 3.73. The van der Waals surface area contributed by atoms with Crippen LogP contribution in [0.5, 0.6) is 5.75 Å². The van der Waals surface area contributed by atoms with E-state index in [1.54, 1.807) is 0 Å². The van der Waals surface area contributed by atoms with Crippen LogP contribution in [0, 0.1) is 0 Å². The molecule has 0 aliphatic rings.